The molecule has 0 saturated carbocycles. The minimum absolute atomic E-state index is 0.407. The molecule has 5 rings (SSSR count). The molecule has 4 aromatic rings. The monoisotopic (exact) mass is 561 g/mol. The molecule has 1 heterocycles. The van der Waals surface area contributed by atoms with E-state index >= 15 is 0 Å². The zero-order chi connectivity index (χ0) is 22.8. The maximum Gasteiger partial charge on any atom is 0.368 e. The number of carbonyl (C=O) groups is 1. The van der Waals surface area contributed by atoms with Crippen LogP contribution in [0.15, 0.2) is 105 Å². The quantitative estimate of drug-likeness (QED) is 0.189. The first-order valence-corrected chi connectivity index (χ1v) is 11.8. The van der Waals surface area contributed by atoms with E-state index in [4.69, 9.17) is 9.57 Å². The summed E-state index contributed by atoms with van der Waals surface area (Å²) >= 11 is 7.23. The molecule has 0 radical (unpaired) electrons. The Morgan fingerprint density at radius 1 is 0.879 bits per heavy atom. The van der Waals surface area contributed by atoms with Crippen LogP contribution < -0.4 is 4.74 Å². The first-order valence-electron chi connectivity index (χ1n) is 10.3. The van der Waals surface area contributed by atoms with E-state index in [2.05, 4.69) is 61.3 Å². The molecule has 4 aromatic carbocycles. The zero-order valence-electron chi connectivity index (χ0n) is 17.3. The lowest BCUT2D eigenvalue weighted by atomic mass is 10.0. The van der Waals surface area contributed by atoms with Crippen LogP contribution in [0.25, 0.3) is 16.8 Å². The molecule has 0 fully saturated rings. The molecule has 0 spiro atoms. The predicted octanol–water partition coefficient (Wildman–Crippen LogP) is 7.29. The predicted molar refractivity (Wildman–Crippen MR) is 137 cm³/mol. The molecule has 0 aromatic heterocycles. The van der Waals surface area contributed by atoms with E-state index in [1.165, 1.54) is 10.8 Å². The van der Waals surface area contributed by atoms with Crippen LogP contribution in [0.3, 0.4) is 0 Å². The number of nitrogens with zero attached hydrogens (tertiary/aromatic N) is 1. The van der Waals surface area contributed by atoms with Gasteiger partial charge in [-0.1, -0.05) is 78.0 Å². The average Bonchev–Trinajstić information content (AvgIpc) is 3.19. The lowest BCUT2D eigenvalue weighted by molar-refractivity contribution is -0.136. The first kappa shape index (κ1) is 21.6. The lowest BCUT2D eigenvalue weighted by Gasteiger charge is -2.13. The molecule has 0 N–H and O–H groups in total. The number of benzene rings is 4. The highest BCUT2D eigenvalue weighted by Crippen LogP contribution is 2.37. The minimum atomic E-state index is -0.475. The van der Waals surface area contributed by atoms with Gasteiger partial charge in [0.05, 0.1) is 14.5 Å². The summed E-state index contributed by atoms with van der Waals surface area (Å²) in [5, 5.41) is 6.31. The average molecular weight is 563 g/mol. The molecule has 0 bridgehead atoms. The second kappa shape index (κ2) is 9.33. The van der Waals surface area contributed by atoms with E-state index in [0.717, 1.165) is 25.6 Å². The molecule has 33 heavy (non-hydrogen) atoms. The van der Waals surface area contributed by atoms with Gasteiger partial charge in [-0.2, -0.15) is 0 Å². The molecule has 0 unspecified atom stereocenters. The fourth-order valence-electron chi connectivity index (χ4n) is 3.75. The van der Waals surface area contributed by atoms with Crippen molar-refractivity contribution in [3.8, 4) is 5.75 Å². The lowest BCUT2D eigenvalue weighted by Crippen LogP contribution is -2.06. The molecular formula is C27H17Br2NO3. The van der Waals surface area contributed by atoms with Gasteiger partial charge < -0.3 is 9.57 Å². The van der Waals surface area contributed by atoms with Crippen molar-refractivity contribution in [2.45, 2.75) is 6.61 Å². The Morgan fingerprint density at radius 3 is 2.36 bits per heavy atom. The Labute approximate surface area is 207 Å². The summed E-state index contributed by atoms with van der Waals surface area (Å²) in [5.74, 6) is 0.216. The third-order valence-corrected chi connectivity index (χ3v) is 6.50. The van der Waals surface area contributed by atoms with Crippen LogP contribution in [0, 0.1) is 0 Å². The van der Waals surface area contributed by atoms with Gasteiger partial charge in [-0.15, -0.1) is 0 Å². The van der Waals surface area contributed by atoms with Gasteiger partial charge in [-0.3, -0.25) is 0 Å². The second-order valence-electron chi connectivity index (χ2n) is 7.48. The number of hydrogen-bond acceptors (Lipinski definition) is 4. The second-order valence-corrected chi connectivity index (χ2v) is 9.19. The summed E-state index contributed by atoms with van der Waals surface area (Å²) in [6.45, 7) is 0.427. The van der Waals surface area contributed by atoms with Gasteiger partial charge in [0.1, 0.15) is 18.1 Å². The van der Waals surface area contributed by atoms with Gasteiger partial charge in [-0.25, -0.2) is 4.79 Å². The van der Waals surface area contributed by atoms with Crippen LogP contribution in [0.1, 0.15) is 16.7 Å². The first-order chi connectivity index (χ1) is 16.1. The highest BCUT2D eigenvalue weighted by molar-refractivity contribution is 9.11. The van der Waals surface area contributed by atoms with E-state index in [0.29, 0.717) is 23.6 Å². The summed E-state index contributed by atoms with van der Waals surface area (Å²) in [4.78, 5) is 17.3. The third-order valence-electron chi connectivity index (χ3n) is 5.33. The Hall–Kier alpha value is -3.22. The van der Waals surface area contributed by atoms with Crippen molar-refractivity contribution < 1.29 is 14.4 Å². The molecule has 0 amide bonds. The standard InChI is InChI=1S/C27H17Br2NO3/c28-23-14-17(13-22-25(30-33-27(22)31)19-8-2-1-3-9-19)15-24(29)26(23)32-16-20-11-6-10-18-7-4-5-12-21(18)20/h1-15H,16H2/b22-13-. The number of carbonyl (C=O) groups excluding carboxylic acids is 1. The van der Waals surface area contributed by atoms with Gasteiger partial charge >= 0.3 is 5.97 Å². The SMILES string of the molecule is O=C1ON=C(c2ccccc2)/C1=C/c1cc(Br)c(OCc2cccc3ccccc23)c(Br)c1. The van der Waals surface area contributed by atoms with Crippen molar-refractivity contribution >= 4 is 60.4 Å². The zero-order valence-corrected chi connectivity index (χ0v) is 20.5. The Balaban J connectivity index is 1.42. The normalized spacial score (nSPS) is 14.4. The van der Waals surface area contributed by atoms with Crippen LogP contribution >= 0.6 is 31.9 Å². The van der Waals surface area contributed by atoms with Crippen LogP contribution in [0.4, 0.5) is 0 Å². The molecule has 6 heteroatoms. The highest BCUT2D eigenvalue weighted by atomic mass is 79.9. The van der Waals surface area contributed by atoms with E-state index in [-0.39, 0.29) is 0 Å². The number of ether oxygens (including phenoxy) is 1. The fraction of sp³-hybridized carbons (Fsp3) is 0.0370. The number of oxime groups is 1. The van der Waals surface area contributed by atoms with Crippen LogP contribution in [0.5, 0.6) is 5.75 Å². The van der Waals surface area contributed by atoms with Crippen LogP contribution in [-0.2, 0) is 16.2 Å². The van der Waals surface area contributed by atoms with Gasteiger partial charge in [0.25, 0.3) is 0 Å². The van der Waals surface area contributed by atoms with Crippen molar-refractivity contribution in [2.24, 2.45) is 5.16 Å². The molecule has 0 atom stereocenters. The topological polar surface area (TPSA) is 47.9 Å². The Bertz CT molecular complexity index is 1400. The summed E-state index contributed by atoms with van der Waals surface area (Å²) in [7, 11) is 0. The molecular weight excluding hydrogens is 546 g/mol. The highest BCUT2D eigenvalue weighted by Gasteiger charge is 2.26. The van der Waals surface area contributed by atoms with Gasteiger partial charge in [0.2, 0.25) is 0 Å². The summed E-state index contributed by atoms with van der Waals surface area (Å²) in [6.07, 6.45) is 1.77. The Kier molecular flexibility index (Phi) is 6.11. The molecule has 0 saturated heterocycles. The fourth-order valence-corrected chi connectivity index (χ4v) is 5.20. The molecule has 4 nitrogen and oxygen atoms in total. The number of halogens is 2. The van der Waals surface area contributed by atoms with Gasteiger partial charge in [-0.05, 0) is 72.0 Å². The Morgan fingerprint density at radius 2 is 1.58 bits per heavy atom. The summed E-state index contributed by atoms with van der Waals surface area (Å²) in [6, 6.07) is 27.7. The number of rotatable bonds is 5. The van der Waals surface area contributed by atoms with Crippen molar-refractivity contribution in [1.29, 1.82) is 0 Å². The van der Waals surface area contributed by atoms with Gasteiger partial charge in [0, 0.05) is 5.56 Å². The van der Waals surface area contributed by atoms with E-state index < -0.39 is 5.97 Å². The molecule has 1 aliphatic rings. The number of hydrogen-bond donors (Lipinski definition) is 0. The smallest absolute Gasteiger partial charge is 0.368 e. The largest absolute Gasteiger partial charge is 0.487 e. The third kappa shape index (κ3) is 4.49. The number of fused-ring (bicyclic) bond motifs is 1. The molecule has 1 aliphatic heterocycles. The van der Waals surface area contributed by atoms with Crippen molar-refractivity contribution in [3.05, 3.63) is 116 Å². The van der Waals surface area contributed by atoms with Crippen molar-refractivity contribution in [2.75, 3.05) is 0 Å². The van der Waals surface area contributed by atoms with Gasteiger partial charge in [0.15, 0.2) is 0 Å². The maximum absolute atomic E-state index is 12.3. The molecule has 0 aliphatic carbocycles. The maximum atomic E-state index is 12.3. The summed E-state index contributed by atoms with van der Waals surface area (Å²) in [5.41, 5.74) is 3.66. The van der Waals surface area contributed by atoms with E-state index in [9.17, 15) is 4.79 Å². The van der Waals surface area contributed by atoms with Crippen LogP contribution in [0.2, 0.25) is 0 Å². The van der Waals surface area contributed by atoms with E-state index in [1.54, 1.807) is 6.08 Å². The van der Waals surface area contributed by atoms with Crippen LogP contribution in [-0.4, -0.2) is 11.7 Å². The summed E-state index contributed by atoms with van der Waals surface area (Å²) < 4.78 is 7.71. The molecule has 162 valence electrons. The van der Waals surface area contributed by atoms with Crippen molar-refractivity contribution in [3.63, 3.8) is 0 Å². The van der Waals surface area contributed by atoms with Crippen molar-refractivity contribution in [1.82, 2.24) is 0 Å². The van der Waals surface area contributed by atoms with E-state index in [1.807, 2.05) is 60.7 Å². The minimum Gasteiger partial charge on any atom is -0.487 e.